The van der Waals surface area contributed by atoms with Crippen molar-refractivity contribution in [2.45, 2.75) is 25.7 Å². The Balaban J connectivity index is 1.36. The van der Waals surface area contributed by atoms with Gasteiger partial charge in [-0.3, -0.25) is 4.79 Å². The highest BCUT2D eigenvalue weighted by Crippen LogP contribution is 2.35. The van der Waals surface area contributed by atoms with E-state index in [0.29, 0.717) is 31.3 Å². The fraction of sp³-hybridized carbons (Fsp3) is 0.350. The molecule has 2 aromatic carbocycles. The smallest absolute Gasteiger partial charge is 0.244 e. The van der Waals surface area contributed by atoms with Gasteiger partial charge in [0.2, 0.25) is 12.7 Å². The summed E-state index contributed by atoms with van der Waals surface area (Å²) in [5, 5.41) is 6.13. The van der Waals surface area contributed by atoms with Gasteiger partial charge in [0.1, 0.15) is 18.4 Å². The van der Waals surface area contributed by atoms with Crippen LogP contribution in [-0.4, -0.2) is 38.0 Å². The number of fused-ring (bicyclic) bond motifs is 1. The van der Waals surface area contributed by atoms with Gasteiger partial charge in [-0.2, -0.15) is 0 Å². The first kappa shape index (κ1) is 17.6. The fourth-order valence-corrected chi connectivity index (χ4v) is 3.12. The number of anilines is 1. The Bertz CT molecular complexity index is 826. The van der Waals surface area contributed by atoms with Crippen molar-refractivity contribution in [1.82, 2.24) is 5.32 Å². The van der Waals surface area contributed by atoms with E-state index in [1.165, 1.54) is 0 Å². The van der Waals surface area contributed by atoms with Crippen molar-refractivity contribution in [3.8, 4) is 17.2 Å². The van der Waals surface area contributed by atoms with Crippen molar-refractivity contribution in [3.05, 3.63) is 48.0 Å². The minimum atomic E-state index is -0.354. The van der Waals surface area contributed by atoms with Crippen LogP contribution in [0.1, 0.15) is 12.5 Å². The molecule has 0 radical (unpaired) electrons. The van der Waals surface area contributed by atoms with E-state index in [1.54, 1.807) is 0 Å². The van der Waals surface area contributed by atoms with E-state index in [0.717, 1.165) is 17.0 Å². The third kappa shape index (κ3) is 4.15. The van der Waals surface area contributed by atoms with Gasteiger partial charge in [0.15, 0.2) is 11.5 Å². The van der Waals surface area contributed by atoms with Gasteiger partial charge in [0.25, 0.3) is 0 Å². The van der Waals surface area contributed by atoms with Crippen molar-refractivity contribution < 1.29 is 23.7 Å². The third-order valence-corrected chi connectivity index (χ3v) is 4.54. The molecule has 0 saturated carbocycles. The number of amides is 1. The lowest BCUT2D eigenvalue weighted by molar-refractivity contribution is -0.123. The number of hydrogen-bond donors (Lipinski definition) is 2. The SMILES string of the molecule is C[C@H]1OCCN[C@@H]1C(=O)Nc1cccc(COc2ccc3c(c2)OCO3)c1. The molecule has 0 aliphatic carbocycles. The fourth-order valence-electron chi connectivity index (χ4n) is 3.12. The molecular formula is C20H22N2O5. The van der Waals surface area contributed by atoms with Crippen molar-refractivity contribution in [2.24, 2.45) is 0 Å². The van der Waals surface area contributed by atoms with E-state index < -0.39 is 0 Å². The molecule has 0 aromatic heterocycles. The van der Waals surface area contributed by atoms with Crippen LogP contribution in [0.4, 0.5) is 5.69 Å². The average molecular weight is 370 g/mol. The second kappa shape index (κ2) is 7.85. The Morgan fingerprint density at radius 2 is 2.11 bits per heavy atom. The summed E-state index contributed by atoms with van der Waals surface area (Å²) in [5.74, 6) is 2.01. The van der Waals surface area contributed by atoms with Crippen LogP contribution in [0, 0.1) is 0 Å². The zero-order chi connectivity index (χ0) is 18.6. The highest BCUT2D eigenvalue weighted by molar-refractivity contribution is 5.95. The molecule has 1 amide bonds. The summed E-state index contributed by atoms with van der Waals surface area (Å²) in [6.45, 7) is 3.81. The summed E-state index contributed by atoms with van der Waals surface area (Å²) in [7, 11) is 0. The van der Waals surface area contributed by atoms with Gasteiger partial charge in [-0.15, -0.1) is 0 Å². The summed E-state index contributed by atoms with van der Waals surface area (Å²) >= 11 is 0. The lowest BCUT2D eigenvalue weighted by Crippen LogP contribution is -2.53. The van der Waals surface area contributed by atoms with Gasteiger partial charge in [0, 0.05) is 18.3 Å². The van der Waals surface area contributed by atoms with Crippen molar-refractivity contribution in [1.29, 1.82) is 0 Å². The lowest BCUT2D eigenvalue weighted by atomic mass is 10.1. The van der Waals surface area contributed by atoms with Crippen LogP contribution in [-0.2, 0) is 16.1 Å². The number of morpholine rings is 1. The predicted molar refractivity (Wildman–Crippen MR) is 99.2 cm³/mol. The van der Waals surface area contributed by atoms with Crippen molar-refractivity contribution in [2.75, 3.05) is 25.3 Å². The van der Waals surface area contributed by atoms with Crippen LogP contribution in [0.15, 0.2) is 42.5 Å². The quantitative estimate of drug-likeness (QED) is 0.841. The summed E-state index contributed by atoms with van der Waals surface area (Å²) < 4.78 is 22.0. The van der Waals surface area contributed by atoms with Crippen molar-refractivity contribution in [3.63, 3.8) is 0 Å². The molecule has 2 aliphatic heterocycles. The number of ether oxygens (including phenoxy) is 4. The van der Waals surface area contributed by atoms with Crippen LogP contribution in [0.3, 0.4) is 0 Å². The van der Waals surface area contributed by atoms with E-state index in [4.69, 9.17) is 18.9 Å². The molecule has 2 aliphatic rings. The number of nitrogens with one attached hydrogen (secondary N) is 2. The maximum atomic E-state index is 12.5. The Morgan fingerprint density at radius 1 is 1.22 bits per heavy atom. The number of carbonyl (C=O) groups is 1. The van der Waals surface area contributed by atoms with Crippen molar-refractivity contribution >= 4 is 11.6 Å². The highest BCUT2D eigenvalue weighted by Gasteiger charge is 2.28. The third-order valence-electron chi connectivity index (χ3n) is 4.54. The Labute approximate surface area is 157 Å². The van der Waals surface area contributed by atoms with Gasteiger partial charge in [-0.25, -0.2) is 0 Å². The highest BCUT2D eigenvalue weighted by atomic mass is 16.7. The normalized spacial score (nSPS) is 20.9. The summed E-state index contributed by atoms with van der Waals surface area (Å²) in [5.41, 5.74) is 1.68. The first-order valence-corrected chi connectivity index (χ1v) is 8.96. The molecule has 2 aromatic rings. The minimum Gasteiger partial charge on any atom is -0.489 e. The van der Waals surface area contributed by atoms with Crippen LogP contribution in [0.5, 0.6) is 17.2 Å². The second-order valence-corrected chi connectivity index (χ2v) is 6.50. The number of carbonyl (C=O) groups excluding carboxylic acids is 1. The summed E-state index contributed by atoms with van der Waals surface area (Å²) in [6, 6.07) is 12.7. The van der Waals surface area contributed by atoms with Gasteiger partial charge in [-0.05, 0) is 36.8 Å². The van der Waals surface area contributed by atoms with Crippen LogP contribution in [0.2, 0.25) is 0 Å². The molecule has 1 saturated heterocycles. The number of rotatable bonds is 5. The van der Waals surface area contributed by atoms with E-state index in [9.17, 15) is 4.79 Å². The first-order chi connectivity index (χ1) is 13.2. The van der Waals surface area contributed by atoms with Crippen LogP contribution >= 0.6 is 0 Å². The largest absolute Gasteiger partial charge is 0.489 e. The molecule has 27 heavy (non-hydrogen) atoms. The molecule has 0 spiro atoms. The van der Waals surface area contributed by atoms with Crippen LogP contribution < -0.4 is 24.8 Å². The predicted octanol–water partition coefficient (Wildman–Crippen LogP) is 2.31. The van der Waals surface area contributed by atoms with Gasteiger partial charge in [0.05, 0.1) is 12.7 Å². The summed E-state index contributed by atoms with van der Waals surface area (Å²) in [6.07, 6.45) is -0.156. The molecule has 7 heteroatoms. The van der Waals surface area contributed by atoms with E-state index >= 15 is 0 Å². The zero-order valence-electron chi connectivity index (χ0n) is 15.1. The molecule has 2 N–H and O–H groups in total. The Kier molecular flexibility index (Phi) is 5.13. The molecule has 0 bridgehead atoms. The second-order valence-electron chi connectivity index (χ2n) is 6.50. The summed E-state index contributed by atoms with van der Waals surface area (Å²) in [4.78, 5) is 12.5. The topological polar surface area (TPSA) is 78.1 Å². The Morgan fingerprint density at radius 3 is 3.00 bits per heavy atom. The monoisotopic (exact) mass is 370 g/mol. The maximum Gasteiger partial charge on any atom is 0.244 e. The molecule has 4 rings (SSSR count). The van der Waals surface area contributed by atoms with Gasteiger partial charge in [-0.1, -0.05) is 12.1 Å². The van der Waals surface area contributed by atoms with E-state index in [-0.39, 0.29) is 24.8 Å². The van der Waals surface area contributed by atoms with E-state index in [2.05, 4.69) is 10.6 Å². The molecule has 2 heterocycles. The first-order valence-electron chi connectivity index (χ1n) is 8.96. The molecule has 0 unspecified atom stereocenters. The Hall–Kier alpha value is -2.77. The molecule has 142 valence electrons. The zero-order valence-corrected chi connectivity index (χ0v) is 15.1. The standard InChI is InChI=1S/C20H22N2O5/c1-13-19(21-7-8-24-13)20(23)22-15-4-2-3-14(9-15)11-25-16-5-6-17-18(10-16)27-12-26-17/h2-6,9-10,13,19,21H,7-8,11-12H2,1H3,(H,22,23)/t13-,19+/m1/s1. The maximum absolute atomic E-state index is 12.5. The van der Waals surface area contributed by atoms with Crippen LogP contribution in [0.25, 0.3) is 0 Å². The molecule has 1 fully saturated rings. The minimum absolute atomic E-state index is 0.101. The lowest BCUT2D eigenvalue weighted by Gasteiger charge is -2.29. The average Bonchev–Trinajstić information content (AvgIpc) is 3.15. The van der Waals surface area contributed by atoms with Gasteiger partial charge >= 0.3 is 0 Å². The van der Waals surface area contributed by atoms with Gasteiger partial charge < -0.3 is 29.6 Å². The number of benzene rings is 2. The molecule has 2 atom stereocenters. The molecule has 7 nitrogen and oxygen atoms in total. The molecular weight excluding hydrogens is 348 g/mol. The number of hydrogen-bond acceptors (Lipinski definition) is 6. The van der Waals surface area contributed by atoms with E-state index in [1.807, 2.05) is 49.4 Å².